The zero-order valence-corrected chi connectivity index (χ0v) is 22.8. The molecule has 2 saturated heterocycles. The summed E-state index contributed by atoms with van der Waals surface area (Å²) in [7, 11) is 1.53. The van der Waals surface area contributed by atoms with Gasteiger partial charge in [-0.3, -0.25) is 14.4 Å². The van der Waals surface area contributed by atoms with Crippen LogP contribution in [0.3, 0.4) is 0 Å². The molecule has 4 aromatic rings. The summed E-state index contributed by atoms with van der Waals surface area (Å²) in [5.41, 5.74) is 5.88. The Bertz CT molecular complexity index is 1600. The van der Waals surface area contributed by atoms with Gasteiger partial charge < -0.3 is 20.9 Å². The molecule has 2 fully saturated rings. The molecule has 0 bridgehead atoms. The number of carbonyl (C=O) groups is 1. The van der Waals surface area contributed by atoms with Crippen LogP contribution < -0.4 is 11.1 Å². The maximum Gasteiger partial charge on any atom is 0.436 e. The number of fused-ring (bicyclic) bond motifs is 1. The molecule has 42 heavy (non-hydrogen) atoms. The van der Waals surface area contributed by atoms with E-state index in [-0.39, 0.29) is 18.3 Å². The van der Waals surface area contributed by atoms with Crippen LogP contribution >= 0.6 is 0 Å². The summed E-state index contributed by atoms with van der Waals surface area (Å²) in [5, 5.41) is 8.20. The second-order valence-electron chi connectivity index (χ2n) is 10.8. The van der Waals surface area contributed by atoms with Crippen molar-refractivity contribution in [2.24, 2.45) is 5.73 Å². The molecule has 0 aromatic carbocycles. The van der Waals surface area contributed by atoms with Crippen molar-refractivity contribution in [3.8, 4) is 11.3 Å². The second-order valence-corrected chi connectivity index (χ2v) is 10.8. The van der Waals surface area contributed by atoms with Crippen molar-refractivity contribution in [2.45, 2.75) is 37.1 Å². The lowest BCUT2D eigenvalue weighted by Crippen LogP contribution is -2.69. The molecular formula is C27H30F4N10O. The lowest BCUT2D eigenvalue weighted by atomic mass is 9.86. The Morgan fingerprint density at radius 1 is 1.24 bits per heavy atom. The number of nitrogens with zero attached hydrogens (tertiary/aromatic N) is 7. The van der Waals surface area contributed by atoms with Gasteiger partial charge in [0, 0.05) is 68.7 Å². The van der Waals surface area contributed by atoms with Crippen LogP contribution in [-0.2, 0) is 18.3 Å². The SMILES string of the molecule is CNCc1cc(C(=O)N2CCC(N3CC(CN)(n4cc(-c5ncnc6[nH]ccc56)cn4)C3)CC2)c(F)c(C(F)(F)F)n1. The van der Waals surface area contributed by atoms with E-state index in [1.807, 2.05) is 23.1 Å². The number of amides is 1. The van der Waals surface area contributed by atoms with Crippen molar-refractivity contribution in [1.82, 2.24) is 44.8 Å². The molecule has 0 atom stereocenters. The number of pyridine rings is 1. The molecule has 2 aliphatic rings. The van der Waals surface area contributed by atoms with Gasteiger partial charge in [-0.2, -0.15) is 18.3 Å². The van der Waals surface area contributed by atoms with Crippen molar-refractivity contribution in [3.63, 3.8) is 0 Å². The van der Waals surface area contributed by atoms with E-state index in [0.717, 1.165) is 28.4 Å². The lowest BCUT2D eigenvalue weighted by molar-refractivity contribution is -0.143. The Hall–Kier alpha value is -3.95. The summed E-state index contributed by atoms with van der Waals surface area (Å²) < 4.78 is 57.0. The molecule has 6 rings (SSSR count). The number of halogens is 4. The molecule has 0 radical (unpaired) electrons. The van der Waals surface area contributed by atoms with Gasteiger partial charge in [0.25, 0.3) is 5.91 Å². The summed E-state index contributed by atoms with van der Waals surface area (Å²) in [6.07, 6.45) is 3.22. The molecule has 6 heterocycles. The van der Waals surface area contributed by atoms with Crippen LogP contribution in [0.15, 0.2) is 37.1 Å². The van der Waals surface area contributed by atoms with Gasteiger partial charge in [0.15, 0.2) is 11.5 Å². The third-order valence-corrected chi connectivity index (χ3v) is 8.21. The molecule has 11 nitrogen and oxygen atoms in total. The minimum absolute atomic E-state index is 0.0309. The highest BCUT2D eigenvalue weighted by Crippen LogP contribution is 2.35. The third kappa shape index (κ3) is 4.90. The molecule has 0 saturated carbocycles. The van der Waals surface area contributed by atoms with Crippen molar-refractivity contribution in [3.05, 3.63) is 59.8 Å². The molecule has 0 aliphatic carbocycles. The number of aromatic amines is 1. The van der Waals surface area contributed by atoms with Gasteiger partial charge in [-0.25, -0.2) is 19.3 Å². The summed E-state index contributed by atoms with van der Waals surface area (Å²) in [5.74, 6) is -2.40. The Morgan fingerprint density at radius 3 is 2.69 bits per heavy atom. The predicted octanol–water partition coefficient (Wildman–Crippen LogP) is 2.37. The first-order valence-corrected chi connectivity index (χ1v) is 13.6. The Balaban J connectivity index is 1.11. The van der Waals surface area contributed by atoms with E-state index in [9.17, 15) is 22.4 Å². The van der Waals surface area contributed by atoms with Gasteiger partial charge in [-0.05, 0) is 32.0 Å². The van der Waals surface area contributed by atoms with Crippen LogP contribution in [0.5, 0.6) is 0 Å². The van der Waals surface area contributed by atoms with Crippen LogP contribution in [0, 0.1) is 5.82 Å². The van der Waals surface area contributed by atoms with Crippen LogP contribution in [0.4, 0.5) is 17.6 Å². The fourth-order valence-corrected chi connectivity index (χ4v) is 5.94. The largest absolute Gasteiger partial charge is 0.436 e. The number of H-pyrrole nitrogens is 1. The van der Waals surface area contributed by atoms with E-state index in [0.29, 0.717) is 45.6 Å². The van der Waals surface area contributed by atoms with Gasteiger partial charge in [0.1, 0.15) is 17.5 Å². The van der Waals surface area contributed by atoms with Crippen LogP contribution in [-0.4, -0.2) is 91.2 Å². The van der Waals surface area contributed by atoms with Crippen molar-refractivity contribution < 1.29 is 22.4 Å². The van der Waals surface area contributed by atoms with Crippen LogP contribution in [0.1, 0.15) is 34.6 Å². The van der Waals surface area contributed by atoms with Crippen LogP contribution in [0.25, 0.3) is 22.3 Å². The highest BCUT2D eigenvalue weighted by atomic mass is 19.4. The van der Waals surface area contributed by atoms with Gasteiger partial charge in [0.05, 0.1) is 23.1 Å². The van der Waals surface area contributed by atoms with E-state index in [2.05, 4.69) is 35.3 Å². The standard InChI is InChI=1S/C27H30F4N10O/c1-33-10-17-8-20(21(28)23(38-17)27(29,30)31)25(42)39-6-3-18(4-7-39)40-13-26(12-32,14-40)41-11-16(9-37-41)22-19-2-5-34-24(19)36-15-35-22/h2,5,8-9,11,15,18,33H,3-4,6-7,10,12-14,32H2,1H3,(H,34,35,36). The molecular weight excluding hydrogens is 556 g/mol. The smallest absolute Gasteiger partial charge is 0.346 e. The van der Waals surface area contributed by atoms with Crippen molar-refractivity contribution in [2.75, 3.05) is 39.8 Å². The quantitative estimate of drug-likeness (QED) is 0.281. The first-order chi connectivity index (χ1) is 20.1. The van der Waals surface area contributed by atoms with Crippen LogP contribution in [0.2, 0.25) is 0 Å². The molecule has 15 heteroatoms. The van der Waals surface area contributed by atoms with Gasteiger partial charge >= 0.3 is 6.18 Å². The first kappa shape index (κ1) is 28.2. The fraction of sp³-hybridized carbons (Fsp3) is 0.444. The zero-order chi connectivity index (χ0) is 29.6. The number of rotatable bonds is 7. The van der Waals surface area contributed by atoms with E-state index < -0.39 is 34.7 Å². The third-order valence-electron chi connectivity index (χ3n) is 8.21. The first-order valence-electron chi connectivity index (χ1n) is 13.6. The predicted molar refractivity (Wildman–Crippen MR) is 145 cm³/mol. The summed E-state index contributed by atoms with van der Waals surface area (Å²) >= 11 is 0. The highest BCUT2D eigenvalue weighted by Gasteiger charge is 2.47. The number of alkyl halides is 3. The number of nitrogens with one attached hydrogen (secondary N) is 2. The molecule has 1 amide bonds. The summed E-state index contributed by atoms with van der Waals surface area (Å²) in [6, 6.07) is 3.17. The molecule has 0 spiro atoms. The normalized spacial score (nSPS) is 18.0. The zero-order valence-electron chi connectivity index (χ0n) is 22.8. The lowest BCUT2D eigenvalue weighted by Gasteiger charge is -2.54. The average Bonchev–Trinajstić information content (AvgIpc) is 3.64. The topological polar surface area (TPSA) is 134 Å². The maximum atomic E-state index is 14.8. The molecule has 4 N–H and O–H groups in total. The minimum atomic E-state index is -5.01. The monoisotopic (exact) mass is 586 g/mol. The van der Waals surface area contributed by atoms with Crippen molar-refractivity contribution >= 4 is 16.9 Å². The average molecular weight is 587 g/mol. The number of likely N-dealkylation sites (tertiary alicyclic amines) is 2. The highest BCUT2D eigenvalue weighted by molar-refractivity contribution is 5.95. The summed E-state index contributed by atoms with van der Waals surface area (Å²) in [6.45, 7) is 2.26. The number of hydrogen-bond donors (Lipinski definition) is 3. The summed E-state index contributed by atoms with van der Waals surface area (Å²) in [4.78, 5) is 32.0. The van der Waals surface area contributed by atoms with E-state index in [1.165, 1.54) is 18.3 Å². The fourth-order valence-electron chi connectivity index (χ4n) is 5.94. The minimum Gasteiger partial charge on any atom is -0.346 e. The molecule has 222 valence electrons. The number of hydrogen-bond acceptors (Lipinski definition) is 8. The number of aromatic nitrogens is 6. The molecule has 2 aliphatic heterocycles. The van der Waals surface area contributed by atoms with Gasteiger partial charge in [-0.1, -0.05) is 0 Å². The molecule has 0 unspecified atom stereocenters. The Labute approximate surface area is 238 Å². The van der Waals surface area contributed by atoms with E-state index in [1.54, 1.807) is 6.20 Å². The number of carbonyl (C=O) groups excluding carboxylic acids is 1. The molecule has 4 aromatic heterocycles. The Kier molecular flexibility index (Phi) is 7.19. The van der Waals surface area contributed by atoms with Gasteiger partial charge in [0.2, 0.25) is 0 Å². The van der Waals surface area contributed by atoms with E-state index in [4.69, 9.17) is 5.73 Å². The second kappa shape index (κ2) is 10.7. The van der Waals surface area contributed by atoms with Crippen molar-refractivity contribution in [1.29, 1.82) is 0 Å². The van der Waals surface area contributed by atoms with Gasteiger partial charge in [-0.15, -0.1) is 0 Å². The number of piperidine rings is 1. The maximum absolute atomic E-state index is 14.8. The van der Waals surface area contributed by atoms with E-state index >= 15 is 0 Å². The Morgan fingerprint density at radius 2 is 2.00 bits per heavy atom. The number of nitrogens with two attached hydrogens (primary N) is 1.